The van der Waals surface area contributed by atoms with E-state index in [9.17, 15) is 4.79 Å². The molecule has 5 heteroatoms. The first-order valence-electron chi connectivity index (χ1n) is 6.53. The molecule has 0 aliphatic rings. The number of carboxylic acids is 1. The maximum absolute atomic E-state index is 10.6. The maximum Gasteiger partial charge on any atom is 0.321 e. The van der Waals surface area contributed by atoms with E-state index >= 15 is 0 Å². The molecule has 21 heavy (non-hydrogen) atoms. The monoisotopic (exact) mass is 319 g/mol. The van der Waals surface area contributed by atoms with Crippen LogP contribution in [0.2, 0.25) is 0 Å². The van der Waals surface area contributed by atoms with Crippen LogP contribution >= 0.6 is 23.5 Å². The molecule has 0 radical (unpaired) electrons. The molecule has 0 aliphatic carbocycles. The van der Waals surface area contributed by atoms with E-state index in [-0.39, 0.29) is 0 Å². The number of rotatable bonds is 7. The summed E-state index contributed by atoms with van der Waals surface area (Å²) in [6.45, 7) is 0. The minimum Gasteiger partial charge on any atom is -0.480 e. The van der Waals surface area contributed by atoms with Crippen molar-refractivity contribution in [2.24, 2.45) is 5.73 Å². The molecule has 0 aromatic heterocycles. The average Bonchev–Trinajstić information content (AvgIpc) is 2.50. The highest BCUT2D eigenvalue weighted by molar-refractivity contribution is 7.99. The van der Waals surface area contributed by atoms with Crippen LogP contribution in [0, 0.1) is 0 Å². The van der Waals surface area contributed by atoms with Crippen LogP contribution in [0.4, 0.5) is 0 Å². The summed E-state index contributed by atoms with van der Waals surface area (Å²) in [4.78, 5) is 13.0. The van der Waals surface area contributed by atoms with Gasteiger partial charge >= 0.3 is 5.97 Å². The number of nitrogens with two attached hydrogens (primary N) is 1. The summed E-state index contributed by atoms with van der Waals surface area (Å²) in [5, 5.41) is 8.71. The third kappa shape index (κ3) is 5.46. The van der Waals surface area contributed by atoms with E-state index in [4.69, 9.17) is 10.8 Å². The first kappa shape index (κ1) is 15.9. The maximum atomic E-state index is 10.6. The van der Waals surface area contributed by atoms with Gasteiger partial charge in [0.25, 0.3) is 0 Å². The van der Waals surface area contributed by atoms with E-state index in [1.165, 1.54) is 27.1 Å². The molecule has 0 aliphatic heterocycles. The first-order chi connectivity index (χ1) is 10.1. The zero-order valence-corrected chi connectivity index (χ0v) is 13.1. The van der Waals surface area contributed by atoms with Gasteiger partial charge in [0, 0.05) is 21.3 Å². The zero-order chi connectivity index (χ0) is 15.1. The van der Waals surface area contributed by atoms with Crippen LogP contribution in [-0.4, -0.2) is 22.9 Å². The number of carboxylic acid groups (broad SMARTS) is 1. The van der Waals surface area contributed by atoms with Gasteiger partial charge in [0.15, 0.2) is 0 Å². The fourth-order valence-corrected chi connectivity index (χ4v) is 3.43. The van der Waals surface area contributed by atoms with Crippen molar-refractivity contribution in [1.29, 1.82) is 0 Å². The second-order valence-corrected chi connectivity index (χ2v) is 6.70. The molecule has 2 aromatic rings. The predicted molar refractivity (Wildman–Crippen MR) is 88.8 cm³/mol. The lowest BCUT2D eigenvalue weighted by Crippen LogP contribution is -2.32. The molecule has 0 fully saturated rings. The molecule has 0 unspecified atom stereocenters. The number of hydrogen-bond donors (Lipinski definition) is 2. The van der Waals surface area contributed by atoms with Gasteiger partial charge in [0.05, 0.1) is 0 Å². The smallest absolute Gasteiger partial charge is 0.321 e. The predicted octanol–water partition coefficient (Wildman–Crippen LogP) is 3.48. The Morgan fingerprint density at radius 3 is 2.29 bits per heavy atom. The third-order valence-electron chi connectivity index (χ3n) is 2.79. The van der Waals surface area contributed by atoms with Crippen LogP contribution in [0.1, 0.15) is 5.56 Å². The van der Waals surface area contributed by atoms with Crippen LogP contribution < -0.4 is 5.73 Å². The molecule has 3 N–H and O–H groups in total. The Bertz CT molecular complexity index is 573. The van der Waals surface area contributed by atoms with Gasteiger partial charge in [0.1, 0.15) is 6.04 Å². The number of hydrogen-bond acceptors (Lipinski definition) is 4. The molecule has 0 saturated carbocycles. The van der Waals surface area contributed by atoms with E-state index in [1.54, 1.807) is 11.8 Å². The van der Waals surface area contributed by atoms with Crippen LogP contribution in [0.5, 0.6) is 0 Å². The van der Waals surface area contributed by atoms with Crippen molar-refractivity contribution >= 4 is 29.5 Å². The quantitative estimate of drug-likeness (QED) is 0.818. The highest BCUT2D eigenvalue weighted by Gasteiger charge is 2.10. The SMILES string of the molecule is N[C@@H](CSCc1ccc(Sc2ccccc2)cc1)C(=O)O. The Hall–Kier alpha value is -1.43. The first-order valence-corrected chi connectivity index (χ1v) is 8.50. The summed E-state index contributed by atoms with van der Waals surface area (Å²) < 4.78 is 0. The number of carbonyl (C=O) groups is 1. The summed E-state index contributed by atoms with van der Waals surface area (Å²) in [6.07, 6.45) is 0. The minimum atomic E-state index is -0.947. The zero-order valence-electron chi connectivity index (χ0n) is 11.4. The molecule has 2 rings (SSSR count). The van der Waals surface area contributed by atoms with Gasteiger partial charge in [-0.1, -0.05) is 42.1 Å². The van der Waals surface area contributed by atoms with Gasteiger partial charge in [0.2, 0.25) is 0 Å². The van der Waals surface area contributed by atoms with Gasteiger partial charge in [-0.3, -0.25) is 4.79 Å². The van der Waals surface area contributed by atoms with Gasteiger partial charge in [-0.05, 0) is 29.8 Å². The minimum absolute atomic E-state index is 0.426. The van der Waals surface area contributed by atoms with Gasteiger partial charge < -0.3 is 10.8 Å². The second-order valence-electron chi connectivity index (χ2n) is 4.52. The Kier molecular flexibility index (Phi) is 6.17. The molecule has 3 nitrogen and oxygen atoms in total. The lowest BCUT2D eigenvalue weighted by Gasteiger charge is -2.07. The largest absolute Gasteiger partial charge is 0.480 e. The van der Waals surface area contributed by atoms with Crippen LogP contribution in [0.25, 0.3) is 0 Å². The molecular formula is C16H17NO2S2. The van der Waals surface area contributed by atoms with Crippen molar-refractivity contribution in [3.63, 3.8) is 0 Å². The Morgan fingerprint density at radius 2 is 1.67 bits per heavy atom. The lowest BCUT2D eigenvalue weighted by atomic mass is 10.2. The van der Waals surface area contributed by atoms with Crippen molar-refractivity contribution in [1.82, 2.24) is 0 Å². The molecule has 0 bridgehead atoms. The summed E-state index contributed by atoms with van der Waals surface area (Å²) >= 11 is 3.26. The average molecular weight is 319 g/mol. The second kappa shape index (κ2) is 8.12. The van der Waals surface area contributed by atoms with Crippen molar-refractivity contribution in [3.05, 3.63) is 60.2 Å². The molecule has 1 atom stereocenters. The molecule has 110 valence electrons. The molecule has 0 spiro atoms. The highest BCUT2D eigenvalue weighted by atomic mass is 32.2. The summed E-state index contributed by atoms with van der Waals surface area (Å²) in [7, 11) is 0. The van der Waals surface area contributed by atoms with Gasteiger partial charge in [-0.25, -0.2) is 0 Å². The topological polar surface area (TPSA) is 63.3 Å². The molecule has 0 heterocycles. The Morgan fingerprint density at radius 1 is 1.05 bits per heavy atom. The van der Waals surface area contributed by atoms with Crippen LogP contribution in [-0.2, 0) is 10.5 Å². The summed E-state index contributed by atoms with van der Waals surface area (Å²) in [6, 6.07) is 17.8. The normalized spacial score (nSPS) is 12.0. The fraction of sp³-hybridized carbons (Fsp3) is 0.188. The Balaban J connectivity index is 1.83. The molecule has 0 amide bonds. The Labute approximate surface area is 132 Å². The number of aliphatic carboxylic acids is 1. The van der Waals surface area contributed by atoms with Crippen molar-refractivity contribution in [2.45, 2.75) is 21.6 Å². The standard InChI is InChI=1S/C16H17NO2S2/c17-15(16(18)19)11-20-10-12-6-8-14(9-7-12)21-13-4-2-1-3-5-13/h1-9,15H,10-11,17H2,(H,18,19)/t15-/m0/s1. The summed E-state index contributed by atoms with van der Waals surface area (Å²) in [5.74, 6) is 0.254. The summed E-state index contributed by atoms with van der Waals surface area (Å²) in [5.41, 5.74) is 6.64. The van der Waals surface area contributed by atoms with E-state index in [0.29, 0.717) is 5.75 Å². The van der Waals surface area contributed by atoms with Gasteiger partial charge in [-0.15, -0.1) is 0 Å². The number of benzene rings is 2. The fourth-order valence-electron chi connectivity index (χ4n) is 1.65. The molecule has 0 saturated heterocycles. The highest BCUT2D eigenvalue weighted by Crippen LogP contribution is 2.27. The number of thioether (sulfide) groups is 1. The van der Waals surface area contributed by atoms with Crippen molar-refractivity contribution < 1.29 is 9.90 Å². The third-order valence-corrected chi connectivity index (χ3v) is 4.93. The van der Waals surface area contributed by atoms with E-state index in [0.717, 1.165) is 5.75 Å². The van der Waals surface area contributed by atoms with Gasteiger partial charge in [-0.2, -0.15) is 11.8 Å². The van der Waals surface area contributed by atoms with Crippen LogP contribution in [0.15, 0.2) is 64.4 Å². The van der Waals surface area contributed by atoms with Crippen molar-refractivity contribution in [2.75, 3.05) is 5.75 Å². The van der Waals surface area contributed by atoms with E-state index in [1.807, 2.05) is 18.2 Å². The van der Waals surface area contributed by atoms with Crippen molar-refractivity contribution in [3.8, 4) is 0 Å². The molecule has 2 aromatic carbocycles. The lowest BCUT2D eigenvalue weighted by molar-refractivity contribution is -0.137. The van der Waals surface area contributed by atoms with Crippen LogP contribution in [0.3, 0.4) is 0 Å². The van der Waals surface area contributed by atoms with E-state index in [2.05, 4.69) is 36.4 Å². The molecular weight excluding hydrogens is 302 g/mol. The van der Waals surface area contributed by atoms with E-state index < -0.39 is 12.0 Å².